The number of aromatic nitrogens is 2. The molecule has 0 atom stereocenters. The van der Waals surface area contributed by atoms with Crippen LogP contribution in [0.5, 0.6) is 5.75 Å². The number of benzene rings is 3. The number of nitrogens with zero attached hydrogens (tertiary/aromatic N) is 1. The van der Waals surface area contributed by atoms with Gasteiger partial charge in [0.1, 0.15) is 18.2 Å². The van der Waals surface area contributed by atoms with E-state index < -0.39 is 21.8 Å². The number of hydrogen-bond acceptors (Lipinski definition) is 4. The molecule has 0 aliphatic heterocycles. The van der Waals surface area contributed by atoms with Crippen LogP contribution in [-0.4, -0.2) is 18.4 Å². The van der Waals surface area contributed by atoms with E-state index in [0.717, 1.165) is 17.7 Å². The first kappa shape index (κ1) is 20.9. The number of nitrogens with one attached hydrogen (secondary N) is 1. The fourth-order valence-electron chi connectivity index (χ4n) is 3.05. The molecule has 31 heavy (non-hydrogen) atoms. The Kier molecular flexibility index (Phi) is 5.19. The Morgan fingerprint density at radius 3 is 2.35 bits per heavy atom. The fraction of sp³-hybridized carbons (Fsp3) is 0.0952. The van der Waals surface area contributed by atoms with Crippen molar-refractivity contribution in [3.63, 3.8) is 0 Å². The zero-order valence-corrected chi connectivity index (χ0v) is 16.7. The largest absolute Gasteiger partial charge is 0.486 e. The Morgan fingerprint density at radius 1 is 0.968 bits per heavy atom. The first-order chi connectivity index (χ1) is 14.6. The molecular weight excluding hydrogens is 431 g/mol. The second-order valence-corrected chi connectivity index (χ2v) is 8.36. The number of hydrogen-bond donors (Lipinski definition) is 2. The summed E-state index contributed by atoms with van der Waals surface area (Å²) in [6, 6.07) is 16.1. The number of rotatable bonds is 5. The maximum Gasteiger partial charge on any atom is 0.416 e. The Morgan fingerprint density at radius 2 is 1.68 bits per heavy atom. The summed E-state index contributed by atoms with van der Waals surface area (Å²) in [6.07, 6.45) is -4.40. The van der Waals surface area contributed by atoms with Gasteiger partial charge in [0.05, 0.1) is 21.5 Å². The van der Waals surface area contributed by atoms with Crippen LogP contribution in [0, 0.1) is 0 Å². The predicted octanol–water partition coefficient (Wildman–Crippen LogP) is 4.48. The Labute approximate surface area is 175 Å². The zero-order valence-electron chi connectivity index (χ0n) is 15.8. The molecule has 1 heterocycles. The van der Waals surface area contributed by atoms with Gasteiger partial charge in [0, 0.05) is 0 Å². The fourth-order valence-corrected chi connectivity index (χ4v) is 3.61. The quantitative estimate of drug-likeness (QED) is 0.471. The molecule has 10 heteroatoms. The van der Waals surface area contributed by atoms with Gasteiger partial charge in [-0.15, -0.1) is 0 Å². The number of sulfonamides is 1. The Bertz CT molecular complexity index is 1350. The van der Waals surface area contributed by atoms with Crippen LogP contribution >= 0.6 is 0 Å². The summed E-state index contributed by atoms with van der Waals surface area (Å²) in [5, 5.41) is 5.19. The van der Waals surface area contributed by atoms with E-state index in [4.69, 9.17) is 9.88 Å². The second kappa shape index (κ2) is 7.71. The van der Waals surface area contributed by atoms with Crippen molar-refractivity contribution < 1.29 is 26.3 Å². The Balaban J connectivity index is 1.53. The minimum atomic E-state index is -4.40. The monoisotopic (exact) mass is 447 g/mol. The van der Waals surface area contributed by atoms with Crippen molar-refractivity contribution >= 4 is 21.1 Å². The van der Waals surface area contributed by atoms with E-state index in [1.807, 2.05) is 6.07 Å². The molecule has 3 aromatic carbocycles. The highest BCUT2D eigenvalue weighted by atomic mass is 32.2. The summed E-state index contributed by atoms with van der Waals surface area (Å²) in [7, 11) is -3.82. The molecule has 0 saturated heterocycles. The summed E-state index contributed by atoms with van der Waals surface area (Å²) < 4.78 is 66.6. The van der Waals surface area contributed by atoms with Crippen LogP contribution in [0.2, 0.25) is 0 Å². The molecule has 0 unspecified atom stereocenters. The molecule has 0 aliphatic carbocycles. The van der Waals surface area contributed by atoms with Gasteiger partial charge in [-0.3, -0.25) is 0 Å². The number of imidazole rings is 1. The standard InChI is InChI=1S/C21H16F3N3O3S/c22-21(23,24)15-5-7-16(8-6-15)30-12-20-26-18-9-4-14(11-19(18)27-20)13-2-1-3-17(10-13)31(25,28)29/h1-11H,12H2,(H,26,27)(H2,25,28,29). The van der Waals surface area contributed by atoms with Crippen molar-refractivity contribution in [1.29, 1.82) is 0 Å². The third-order valence-corrected chi connectivity index (χ3v) is 5.50. The van der Waals surface area contributed by atoms with Gasteiger partial charge in [0.2, 0.25) is 10.0 Å². The lowest BCUT2D eigenvalue weighted by molar-refractivity contribution is -0.137. The molecule has 6 nitrogen and oxygen atoms in total. The van der Waals surface area contributed by atoms with Crippen LogP contribution in [0.1, 0.15) is 11.4 Å². The maximum absolute atomic E-state index is 12.6. The molecule has 0 fully saturated rings. The SMILES string of the molecule is NS(=O)(=O)c1cccc(-c2ccc3nc(COc4ccc(C(F)(F)F)cc4)[nH]c3c2)c1. The summed E-state index contributed by atoms with van der Waals surface area (Å²) in [6.45, 7) is 0.0380. The lowest BCUT2D eigenvalue weighted by Gasteiger charge is -2.08. The van der Waals surface area contributed by atoms with E-state index >= 15 is 0 Å². The van der Waals surface area contributed by atoms with E-state index in [9.17, 15) is 21.6 Å². The lowest BCUT2D eigenvalue weighted by atomic mass is 10.1. The number of nitrogens with two attached hydrogens (primary N) is 1. The van der Waals surface area contributed by atoms with Gasteiger partial charge in [-0.25, -0.2) is 18.5 Å². The predicted molar refractivity (Wildman–Crippen MR) is 109 cm³/mol. The number of aromatic amines is 1. The molecule has 0 radical (unpaired) electrons. The summed E-state index contributed by atoms with van der Waals surface area (Å²) in [5.74, 6) is 0.777. The van der Waals surface area contributed by atoms with Crippen molar-refractivity contribution in [1.82, 2.24) is 9.97 Å². The molecule has 160 valence electrons. The average Bonchev–Trinajstić information content (AvgIpc) is 3.13. The highest BCUT2D eigenvalue weighted by molar-refractivity contribution is 7.89. The van der Waals surface area contributed by atoms with Crippen LogP contribution in [-0.2, 0) is 22.8 Å². The van der Waals surface area contributed by atoms with Crippen LogP contribution in [0.3, 0.4) is 0 Å². The van der Waals surface area contributed by atoms with Gasteiger partial charge in [0.25, 0.3) is 0 Å². The topological polar surface area (TPSA) is 98.1 Å². The second-order valence-electron chi connectivity index (χ2n) is 6.80. The number of halogens is 3. The molecular formula is C21H16F3N3O3S. The smallest absolute Gasteiger partial charge is 0.416 e. The number of alkyl halides is 3. The first-order valence-electron chi connectivity index (χ1n) is 9.01. The van der Waals surface area contributed by atoms with E-state index in [1.54, 1.807) is 24.3 Å². The number of ether oxygens (including phenoxy) is 1. The third kappa shape index (κ3) is 4.70. The number of primary sulfonamides is 1. The number of H-pyrrole nitrogens is 1. The normalized spacial score (nSPS) is 12.3. The van der Waals surface area contributed by atoms with E-state index in [-0.39, 0.29) is 17.3 Å². The minimum Gasteiger partial charge on any atom is -0.486 e. The van der Waals surface area contributed by atoms with Gasteiger partial charge in [-0.1, -0.05) is 18.2 Å². The van der Waals surface area contributed by atoms with E-state index in [0.29, 0.717) is 22.4 Å². The van der Waals surface area contributed by atoms with Crippen molar-refractivity contribution in [2.24, 2.45) is 5.14 Å². The van der Waals surface area contributed by atoms with Crippen LogP contribution in [0.4, 0.5) is 13.2 Å². The summed E-state index contributed by atoms with van der Waals surface area (Å²) >= 11 is 0. The molecule has 4 aromatic rings. The van der Waals surface area contributed by atoms with E-state index in [2.05, 4.69) is 9.97 Å². The molecule has 1 aromatic heterocycles. The first-order valence-corrected chi connectivity index (χ1v) is 10.6. The highest BCUT2D eigenvalue weighted by Crippen LogP contribution is 2.30. The van der Waals surface area contributed by atoms with Crippen molar-refractivity contribution in [3.8, 4) is 16.9 Å². The van der Waals surface area contributed by atoms with Crippen LogP contribution in [0.25, 0.3) is 22.2 Å². The minimum absolute atomic E-state index is 0.0142. The molecule has 3 N–H and O–H groups in total. The average molecular weight is 447 g/mol. The molecule has 4 rings (SSSR count). The zero-order chi connectivity index (χ0) is 22.2. The summed E-state index contributed by atoms with van der Waals surface area (Å²) in [4.78, 5) is 7.51. The lowest BCUT2D eigenvalue weighted by Crippen LogP contribution is -2.11. The molecule has 0 saturated carbocycles. The van der Waals surface area contributed by atoms with Crippen LogP contribution in [0.15, 0.2) is 71.6 Å². The van der Waals surface area contributed by atoms with Crippen molar-refractivity contribution in [2.45, 2.75) is 17.7 Å². The molecule has 0 spiro atoms. The van der Waals surface area contributed by atoms with Gasteiger partial charge in [-0.05, 0) is 59.7 Å². The van der Waals surface area contributed by atoms with E-state index in [1.165, 1.54) is 24.3 Å². The third-order valence-electron chi connectivity index (χ3n) is 4.58. The van der Waals surface area contributed by atoms with Gasteiger partial charge >= 0.3 is 6.18 Å². The van der Waals surface area contributed by atoms with Gasteiger partial charge in [0.15, 0.2) is 0 Å². The highest BCUT2D eigenvalue weighted by Gasteiger charge is 2.30. The van der Waals surface area contributed by atoms with Gasteiger partial charge in [-0.2, -0.15) is 13.2 Å². The Hall–Kier alpha value is -3.37. The summed E-state index contributed by atoms with van der Waals surface area (Å²) in [5.41, 5.74) is 2.05. The van der Waals surface area contributed by atoms with Crippen LogP contribution < -0.4 is 9.88 Å². The van der Waals surface area contributed by atoms with Crippen molar-refractivity contribution in [2.75, 3.05) is 0 Å². The molecule has 0 bridgehead atoms. The molecule has 0 amide bonds. The molecule has 0 aliphatic rings. The van der Waals surface area contributed by atoms with Crippen molar-refractivity contribution in [3.05, 3.63) is 78.1 Å². The van der Waals surface area contributed by atoms with Gasteiger partial charge < -0.3 is 9.72 Å². The maximum atomic E-state index is 12.6. The number of fused-ring (bicyclic) bond motifs is 1.